The summed E-state index contributed by atoms with van der Waals surface area (Å²) < 4.78 is 14.7. The van der Waals surface area contributed by atoms with E-state index >= 15 is 0 Å². The number of amides is 2. The molecule has 0 fully saturated rings. The van der Waals surface area contributed by atoms with E-state index in [1.54, 1.807) is 18.3 Å². The van der Waals surface area contributed by atoms with Crippen molar-refractivity contribution in [3.05, 3.63) is 66.1 Å². The van der Waals surface area contributed by atoms with E-state index in [4.69, 9.17) is 0 Å². The zero-order valence-electron chi connectivity index (χ0n) is 14.6. The van der Waals surface area contributed by atoms with Gasteiger partial charge in [-0.15, -0.1) is 0 Å². The van der Waals surface area contributed by atoms with Crippen LogP contribution in [0.4, 0.5) is 15.9 Å². The van der Waals surface area contributed by atoms with Gasteiger partial charge in [0.15, 0.2) is 0 Å². The molecule has 7 heteroatoms. The van der Waals surface area contributed by atoms with Crippen LogP contribution in [0.3, 0.4) is 0 Å². The molecule has 1 atom stereocenters. The van der Waals surface area contributed by atoms with Gasteiger partial charge in [-0.3, -0.25) is 9.59 Å². The summed E-state index contributed by atoms with van der Waals surface area (Å²) in [6.07, 6.45) is 1.57. The fourth-order valence-corrected chi connectivity index (χ4v) is 3.08. The van der Waals surface area contributed by atoms with E-state index in [1.165, 1.54) is 16.8 Å². The Bertz CT molecular complexity index is 1010. The van der Waals surface area contributed by atoms with Crippen LogP contribution >= 0.6 is 0 Å². The number of nitrogens with one attached hydrogen (secondary N) is 2. The number of halogens is 1. The van der Waals surface area contributed by atoms with Crippen LogP contribution in [0.5, 0.6) is 0 Å². The first-order valence-electron chi connectivity index (χ1n) is 8.52. The highest BCUT2D eigenvalue weighted by Gasteiger charge is 2.33. The molecule has 2 N–H and O–H groups in total. The van der Waals surface area contributed by atoms with Gasteiger partial charge in [0.05, 0.1) is 12.6 Å². The van der Waals surface area contributed by atoms with Gasteiger partial charge in [-0.2, -0.15) is 5.10 Å². The molecule has 0 bridgehead atoms. The molecule has 0 saturated heterocycles. The highest BCUT2D eigenvalue weighted by Crippen LogP contribution is 2.34. The van der Waals surface area contributed by atoms with Crippen LogP contribution in [-0.2, 0) is 9.59 Å². The number of benzene rings is 2. The average molecular weight is 364 g/mol. The Morgan fingerprint density at radius 3 is 2.59 bits per heavy atom. The van der Waals surface area contributed by atoms with E-state index in [0.29, 0.717) is 22.6 Å². The standard InChI is InChI=1S/C20H17FN4O2/c1-12-2-8-15(9-3-12)23-20(27)17-10-18(26)24-19-16(11-22-25(17)19)13-4-6-14(21)7-5-13/h2-9,11,17H,10H2,1H3,(H,23,27)(H,24,26)/t17-/m1/s1. The zero-order chi connectivity index (χ0) is 19.0. The van der Waals surface area contributed by atoms with Crippen LogP contribution in [0.1, 0.15) is 18.0 Å². The van der Waals surface area contributed by atoms with Crippen LogP contribution in [0, 0.1) is 12.7 Å². The third-order valence-electron chi connectivity index (χ3n) is 4.50. The van der Waals surface area contributed by atoms with Crippen molar-refractivity contribution in [3.8, 4) is 11.1 Å². The van der Waals surface area contributed by atoms with Gasteiger partial charge in [-0.05, 0) is 36.8 Å². The van der Waals surface area contributed by atoms with Gasteiger partial charge in [0.1, 0.15) is 17.7 Å². The van der Waals surface area contributed by atoms with E-state index in [0.717, 1.165) is 5.56 Å². The number of aryl methyl sites for hydroxylation is 1. The van der Waals surface area contributed by atoms with E-state index in [1.807, 2.05) is 31.2 Å². The number of carbonyl (C=O) groups is 2. The van der Waals surface area contributed by atoms with E-state index in [2.05, 4.69) is 15.7 Å². The highest BCUT2D eigenvalue weighted by atomic mass is 19.1. The smallest absolute Gasteiger partial charge is 0.249 e. The van der Waals surface area contributed by atoms with Crippen molar-refractivity contribution in [3.63, 3.8) is 0 Å². The molecule has 0 saturated carbocycles. The van der Waals surface area contributed by atoms with Crippen LogP contribution in [0.15, 0.2) is 54.7 Å². The molecule has 0 unspecified atom stereocenters. The predicted octanol–water partition coefficient (Wildman–Crippen LogP) is 3.52. The largest absolute Gasteiger partial charge is 0.324 e. The molecule has 136 valence electrons. The molecule has 27 heavy (non-hydrogen) atoms. The topological polar surface area (TPSA) is 76.0 Å². The number of aromatic nitrogens is 2. The van der Waals surface area contributed by atoms with Crippen molar-refractivity contribution >= 4 is 23.3 Å². The fourth-order valence-electron chi connectivity index (χ4n) is 3.08. The van der Waals surface area contributed by atoms with Crippen LogP contribution in [0.2, 0.25) is 0 Å². The molecule has 3 aromatic rings. The zero-order valence-corrected chi connectivity index (χ0v) is 14.6. The van der Waals surface area contributed by atoms with Gasteiger partial charge in [0.25, 0.3) is 0 Å². The molecular formula is C20H17FN4O2. The number of hydrogen-bond donors (Lipinski definition) is 2. The summed E-state index contributed by atoms with van der Waals surface area (Å²) in [4.78, 5) is 24.9. The molecule has 1 aromatic heterocycles. The molecule has 2 aromatic carbocycles. The Hall–Kier alpha value is -3.48. The Kier molecular flexibility index (Phi) is 4.19. The normalized spacial score (nSPS) is 15.8. The summed E-state index contributed by atoms with van der Waals surface area (Å²) in [5.74, 6) is -0.500. The molecule has 6 nitrogen and oxygen atoms in total. The Balaban J connectivity index is 1.65. The van der Waals surface area contributed by atoms with Crippen LogP contribution in [0.25, 0.3) is 11.1 Å². The van der Waals surface area contributed by atoms with Gasteiger partial charge in [0, 0.05) is 11.3 Å². The van der Waals surface area contributed by atoms with Crippen LogP contribution in [-0.4, -0.2) is 21.6 Å². The van der Waals surface area contributed by atoms with Crippen molar-refractivity contribution in [2.75, 3.05) is 10.6 Å². The maximum atomic E-state index is 13.2. The van der Waals surface area contributed by atoms with Crippen molar-refractivity contribution in [2.45, 2.75) is 19.4 Å². The molecule has 0 radical (unpaired) electrons. The lowest BCUT2D eigenvalue weighted by atomic mass is 10.1. The number of fused-ring (bicyclic) bond motifs is 1. The molecule has 0 aliphatic carbocycles. The van der Waals surface area contributed by atoms with Crippen molar-refractivity contribution in [1.29, 1.82) is 0 Å². The van der Waals surface area contributed by atoms with E-state index in [9.17, 15) is 14.0 Å². The first-order valence-corrected chi connectivity index (χ1v) is 8.52. The van der Waals surface area contributed by atoms with Crippen molar-refractivity contribution < 1.29 is 14.0 Å². The lowest BCUT2D eigenvalue weighted by molar-refractivity contribution is -0.125. The number of anilines is 2. The fraction of sp³-hybridized carbons (Fsp3) is 0.150. The van der Waals surface area contributed by atoms with Gasteiger partial charge in [-0.1, -0.05) is 29.8 Å². The second kappa shape index (κ2) is 6.68. The Morgan fingerprint density at radius 1 is 1.19 bits per heavy atom. The molecular weight excluding hydrogens is 347 g/mol. The lowest BCUT2D eigenvalue weighted by Crippen LogP contribution is -2.35. The molecule has 1 aliphatic rings. The number of carbonyl (C=O) groups excluding carboxylic acids is 2. The summed E-state index contributed by atoms with van der Waals surface area (Å²) in [5, 5.41) is 9.89. The van der Waals surface area contributed by atoms with Crippen molar-refractivity contribution in [1.82, 2.24) is 9.78 Å². The average Bonchev–Trinajstić information content (AvgIpc) is 3.07. The van der Waals surface area contributed by atoms with E-state index < -0.39 is 6.04 Å². The molecule has 2 amide bonds. The third kappa shape index (κ3) is 3.31. The Morgan fingerprint density at radius 2 is 1.89 bits per heavy atom. The molecule has 1 aliphatic heterocycles. The van der Waals surface area contributed by atoms with Gasteiger partial charge in [-0.25, -0.2) is 9.07 Å². The first-order chi connectivity index (χ1) is 13.0. The molecule has 4 rings (SSSR count). The molecule has 0 spiro atoms. The summed E-state index contributed by atoms with van der Waals surface area (Å²) >= 11 is 0. The summed E-state index contributed by atoms with van der Waals surface area (Å²) in [6.45, 7) is 1.96. The lowest BCUT2D eigenvalue weighted by Gasteiger charge is -2.24. The molecule has 2 heterocycles. The van der Waals surface area contributed by atoms with E-state index in [-0.39, 0.29) is 24.1 Å². The number of rotatable bonds is 3. The maximum absolute atomic E-state index is 13.2. The number of nitrogens with zero attached hydrogens (tertiary/aromatic N) is 2. The second-order valence-corrected chi connectivity index (χ2v) is 6.48. The first kappa shape index (κ1) is 17.0. The monoisotopic (exact) mass is 364 g/mol. The van der Waals surface area contributed by atoms with Gasteiger partial charge >= 0.3 is 0 Å². The number of hydrogen-bond acceptors (Lipinski definition) is 3. The maximum Gasteiger partial charge on any atom is 0.249 e. The van der Waals surface area contributed by atoms with Crippen LogP contribution < -0.4 is 10.6 Å². The van der Waals surface area contributed by atoms with Gasteiger partial charge in [0.2, 0.25) is 11.8 Å². The Labute approximate surface area is 155 Å². The predicted molar refractivity (Wildman–Crippen MR) is 99.7 cm³/mol. The summed E-state index contributed by atoms with van der Waals surface area (Å²) in [6, 6.07) is 12.5. The second-order valence-electron chi connectivity index (χ2n) is 6.48. The SMILES string of the molecule is Cc1ccc(NC(=O)[C@H]2CC(=O)Nc3c(-c4ccc(F)cc4)cnn32)cc1. The minimum Gasteiger partial charge on any atom is -0.324 e. The minimum absolute atomic E-state index is 0.00473. The van der Waals surface area contributed by atoms with Gasteiger partial charge < -0.3 is 10.6 Å². The van der Waals surface area contributed by atoms with Crippen molar-refractivity contribution in [2.24, 2.45) is 0 Å². The third-order valence-corrected chi connectivity index (χ3v) is 4.50. The summed E-state index contributed by atoms with van der Waals surface area (Å²) in [7, 11) is 0. The minimum atomic E-state index is -0.760. The summed E-state index contributed by atoms with van der Waals surface area (Å²) in [5.41, 5.74) is 3.08. The highest BCUT2D eigenvalue weighted by molar-refractivity contribution is 6.03. The quantitative estimate of drug-likeness (QED) is 0.747.